The number of fused-ring (bicyclic) bond motifs is 6. The molecule has 5 aromatic rings. The van der Waals surface area contributed by atoms with Gasteiger partial charge in [0.25, 0.3) is 0 Å². The van der Waals surface area contributed by atoms with Crippen LogP contribution in [0, 0.1) is 13.8 Å². The number of benzene rings is 5. The van der Waals surface area contributed by atoms with Crippen LogP contribution in [0.2, 0.25) is 0 Å². The van der Waals surface area contributed by atoms with Gasteiger partial charge in [-0.2, -0.15) is 0 Å². The zero-order chi connectivity index (χ0) is 27.4. The number of para-hydroxylation sites is 2. The Hall–Kier alpha value is -4.83. The number of rotatable bonds is 4. The fraction of sp³-hybridized carbons (Fsp3) is 0.139. The predicted octanol–water partition coefficient (Wildman–Crippen LogP) is 8.90. The molecule has 2 aliphatic rings. The van der Waals surface area contributed by atoms with Crippen molar-refractivity contribution in [2.24, 2.45) is 0 Å². The number of ether oxygens (including phenoxy) is 2. The maximum absolute atomic E-state index is 13.3. The minimum absolute atomic E-state index is 0.327. The summed E-state index contributed by atoms with van der Waals surface area (Å²) in [7, 11) is 0. The highest BCUT2D eigenvalue weighted by Crippen LogP contribution is 2.57. The summed E-state index contributed by atoms with van der Waals surface area (Å²) in [5.74, 6) is 1.06. The fourth-order valence-electron chi connectivity index (χ4n) is 6.20. The Morgan fingerprint density at radius 3 is 2.23 bits per heavy atom. The van der Waals surface area contributed by atoms with Gasteiger partial charge in [0.2, 0.25) is 0 Å². The number of carbonyl (C=O) groups is 1. The third kappa shape index (κ3) is 3.49. The smallest absolute Gasteiger partial charge is 0.340 e. The molecule has 7 rings (SSSR count). The first-order valence-corrected chi connectivity index (χ1v) is 13.7. The SMILES string of the molecule is CCc1cc(C)ccc1N(c1ccccc1)c1cc2c(cc1C)Oc1ccccc1C21OC(=O)c2ccccc21. The van der Waals surface area contributed by atoms with Crippen molar-refractivity contribution < 1.29 is 14.3 Å². The van der Waals surface area contributed by atoms with Gasteiger partial charge in [-0.05, 0) is 73.9 Å². The van der Waals surface area contributed by atoms with Crippen molar-refractivity contribution in [3.63, 3.8) is 0 Å². The van der Waals surface area contributed by atoms with Crippen molar-refractivity contribution in [2.75, 3.05) is 4.90 Å². The topological polar surface area (TPSA) is 38.8 Å². The second-order valence-corrected chi connectivity index (χ2v) is 10.5. The van der Waals surface area contributed by atoms with Gasteiger partial charge in [0.1, 0.15) is 11.5 Å². The van der Waals surface area contributed by atoms with E-state index in [4.69, 9.17) is 9.47 Å². The summed E-state index contributed by atoms with van der Waals surface area (Å²) in [6.45, 7) is 6.43. The Morgan fingerprint density at radius 2 is 1.43 bits per heavy atom. The zero-order valence-corrected chi connectivity index (χ0v) is 22.8. The molecule has 1 atom stereocenters. The van der Waals surface area contributed by atoms with Crippen molar-refractivity contribution in [3.8, 4) is 11.5 Å². The summed E-state index contributed by atoms with van der Waals surface area (Å²) in [4.78, 5) is 15.6. The maximum Gasteiger partial charge on any atom is 0.340 e. The van der Waals surface area contributed by atoms with Crippen LogP contribution in [-0.4, -0.2) is 5.97 Å². The molecule has 1 unspecified atom stereocenters. The lowest BCUT2D eigenvalue weighted by molar-refractivity contribution is 0.0224. The molecule has 0 saturated heterocycles. The molecular formula is C36H29NO3. The minimum Gasteiger partial charge on any atom is -0.456 e. The van der Waals surface area contributed by atoms with E-state index in [9.17, 15) is 4.79 Å². The first kappa shape index (κ1) is 24.2. The van der Waals surface area contributed by atoms with Crippen LogP contribution >= 0.6 is 0 Å². The van der Waals surface area contributed by atoms with Gasteiger partial charge in [-0.15, -0.1) is 0 Å². The van der Waals surface area contributed by atoms with E-state index in [-0.39, 0.29) is 5.97 Å². The Balaban J connectivity index is 1.53. The molecule has 0 aromatic heterocycles. The standard InChI is InChI=1S/C36H29NO3/c1-4-25-20-23(2)18-19-31(25)37(26-12-6-5-7-13-26)32-22-30-34(21-24(32)3)39-33-17-11-10-16-29(33)36(30)28-15-9-8-14-27(28)35(38)40-36/h5-22H,4H2,1-3H3. The van der Waals surface area contributed by atoms with E-state index in [0.717, 1.165) is 45.7 Å². The highest BCUT2D eigenvalue weighted by atomic mass is 16.6. The fourth-order valence-corrected chi connectivity index (χ4v) is 6.20. The molecule has 2 heterocycles. The number of nitrogens with zero attached hydrogens (tertiary/aromatic N) is 1. The molecule has 0 N–H and O–H groups in total. The zero-order valence-electron chi connectivity index (χ0n) is 22.8. The molecular weight excluding hydrogens is 494 g/mol. The summed E-state index contributed by atoms with van der Waals surface area (Å²) < 4.78 is 12.9. The van der Waals surface area contributed by atoms with E-state index in [2.05, 4.69) is 80.3 Å². The normalized spacial score (nSPS) is 16.5. The molecule has 1 spiro atoms. The second kappa shape index (κ2) is 9.13. The Morgan fingerprint density at radius 1 is 0.700 bits per heavy atom. The van der Waals surface area contributed by atoms with Crippen molar-refractivity contribution in [1.29, 1.82) is 0 Å². The van der Waals surface area contributed by atoms with Crippen LogP contribution in [0.1, 0.15) is 50.7 Å². The van der Waals surface area contributed by atoms with Crippen LogP contribution < -0.4 is 9.64 Å². The van der Waals surface area contributed by atoms with E-state index in [1.165, 1.54) is 11.1 Å². The third-order valence-corrected chi connectivity index (χ3v) is 8.05. The minimum atomic E-state index is -1.11. The van der Waals surface area contributed by atoms with Crippen LogP contribution in [0.15, 0.2) is 109 Å². The van der Waals surface area contributed by atoms with E-state index in [1.807, 2.05) is 54.6 Å². The van der Waals surface area contributed by atoms with Gasteiger partial charge in [-0.25, -0.2) is 4.79 Å². The van der Waals surface area contributed by atoms with Gasteiger partial charge < -0.3 is 14.4 Å². The van der Waals surface area contributed by atoms with Gasteiger partial charge in [0, 0.05) is 33.8 Å². The van der Waals surface area contributed by atoms with Crippen LogP contribution in [0.3, 0.4) is 0 Å². The van der Waals surface area contributed by atoms with Crippen molar-refractivity contribution in [1.82, 2.24) is 0 Å². The summed E-state index contributed by atoms with van der Waals surface area (Å²) in [6, 6.07) is 36.8. The molecule has 0 saturated carbocycles. The summed E-state index contributed by atoms with van der Waals surface area (Å²) in [5, 5.41) is 0. The summed E-state index contributed by atoms with van der Waals surface area (Å²) >= 11 is 0. The van der Waals surface area contributed by atoms with Gasteiger partial charge in [0.15, 0.2) is 5.60 Å². The summed E-state index contributed by atoms with van der Waals surface area (Å²) in [6.07, 6.45) is 0.899. The lowest BCUT2D eigenvalue weighted by Crippen LogP contribution is -2.33. The van der Waals surface area contributed by atoms with Crippen LogP contribution in [0.4, 0.5) is 17.1 Å². The van der Waals surface area contributed by atoms with Gasteiger partial charge in [-0.3, -0.25) is 0 Å². The van der Waals surface area contributed by atoms with Crippen molar-refractivity contribution in [2.45, 2.75) is 32.8 Å². The van der Waals surface area contributed by atoms with E-state index >= 15 is 0 Å². The molecule has 40 heavy (non-hydrogen) atoms. The van der Waals surface area contributed by atoms with E-state index in [0.29, 0.717) is 17.1 Å². The number of hydrogen-bond acceptors (Lipinski definition) is 4. The molecule has 0 radical (unpaired) electrons. The average Bonchev–Trinajstić information content (AvgIpc) is 3.28. The summed E-state index contributed by atoms with van der Waals surface area (Å²) in [5.41, 5.74) is 8.68. The maximum atomic E-state index is 13.3. The molecule has 0 aliphatic carbocycles. The Labute approximate surface area is 234 Å². The van der Waals surface area contributed by atoms with Crippen molar-refractivity contribution >= 4 is 23.0 Å². The number of carbonyl (C=O) groups excluding carboxylic acids is 1. The van der Waals surface area contributed by atoms with Crippen molar-refractivity contribution in [3.05, 3.63) is 148 Å². The Bertz CT molecular complexity index is 1790. The van der Waals surface area contributed by atoms with Crippen LogP contribution in [0.5, 0.6) is 11.5 Å². The van der Waals surface area contributed by atoms with Crippen LogP contribution in [-0.2, 0) is 16.8 Å². The monoisotopic (exact) mass is 523 g/mol. The number of hydrogen-bond donors (Lipinski definition) is 0. The molecule has 5 aromatic carbocycles. The molecule has 2 aliphatic heterocycles. The number of anilines is 3. The molecule has 4 nitrogen and oxygen atoms in total. The average molecular weight is 524 g/mol. The molecule has 0 bridgehead atoms. The molecule has 0 amide bonds. The highest BCUT2D eigenvalue weighted by Gasteiger charge is 2.53. The molecule has 4 heteroatoms. The lowest BCUT2D eigenvalue weighted by atomic mass is 9.77. The highest BCUT2D eigenvalue weighted by molar-refractivity contribution is 5.97. The second-order valence-electron chi connectivity index (χ2n) is 10.5. The third-order valence-electron chi connectivity index (χ3n) is 8.05. The molecule has 196 valence electrons. The molecule has 0 fully saturated rings. The van der Waals surface area contributed by atoms with Crippen LogP contribution in [0.25, 0.3) is 0 Å². The Kier molecular flexibility index (Phi) is 5.53. The van der Waals surface area contributed by atoms with E-state index in [1.54, 1.807) is 0 Å². The largest absolute Gasteiger partial charge is 0.456 e. The predicted molar refractivity (Wildman–Crippen MR) is 158 cm³/mol. The number of esters is 1. The van der Waals surface area contributed by atoms with E-state index < -0.39 is 5.60 Å². The lowest BCUT2D eigenvalue weighted by Gasteiger charge is -2.38. The van der Waals surface area contributed by atoms with Gasteiger partial charge in [0.05, 0.1) is 5.56 Å². The number of aryl methyl sites for hydroxylation is 3. The van der Waals surface area contributed by atoms with Gasteiger partial charge >= 0.3 is 5.97 Å². The first-order chi connectivity index (χ1) is 19.5. The van der Waals surface area contributed by atoms with Gasteiger partial charge in [-0.1, -0.05) is 79.2 Å². The first-order valence-electron chi connectivity index (χ1n) is 13.7. The quantitative estimate of drug-likeness (QED) is 0.221.